The van der Waals surface area contributed by atoms with E-state index in [1.807, 2.05) is 6.92 Å². The standard InChI is InChI=1S/C11H19NO4/c1-2-3-9(6-7-13)8-12-10(14)4-5-11(15)16/h4-5,9,13H,2-3,6-8H2,1H3,(H,12,14)(H,15,16)/b5-4+. The van der Waals surface area contributed by atoms with Crippen LogP contribution in [0.2, 0.25) is 0 Å². The minimum absolute atomic E-state index is 0.103. The van der Waals surface area contributed by atoms with Gasteiger partial charge in [-0.1, -0.05) is 13.3 Å². The number of carboxylic acids is 1. The van der Waals surface area contributed by atoms with Crippen molar-refractivity contribution in [1.82, 2.24) is 5.32 Å². The van der Waals surface area contributed by atoms with Gasteiger partial charge in [0.2, 0.25) is 5.91 Å². The first kappa shape index (κ1) is 14.6. The maximum absolute atomic E-state index is 11.1. The number of aliphatic hydroxyl groups is 1. The third-order valence-corrected chi connectivity index (χ3v) is 2.18. The van der Waals surface area contributed by atoms with Crippen molar-refractivity contribution in [3.8, 4) is 0 Å². The molecule has 0 aromatic rings. The van der Waals surface area contributed by atoms with E-state index in [9.17, 15) is 9.59 Å². The number of aliphatic carboxylic acids is 1. The number of carboxylic acid groups (broad SMARTS) is 1. The summed E-state index contributed by atoms with van der Waals surface area (Å²) in [6.45, 7) is 2.61. The molecule has 0 aliphatic heterocycles. The van der Waals surface area contributed by atoms with Gasteiger partial charge in [0.15, 0.2) is 0 Å². The van der Waals surface area contributed by atoms with Crippen molar-refractivity contribution in [2.24, 2.45) is 5.92 Å². The zero-order valence-corrected chi connectivity index (χ0v) is 9.48. The maximum atomic E-state index is 11.1. The fourth-order valence-corrected chi connectivity index (χ4v) is 1.39. The van der Waals surface area contributed by atoms with Gasteiger partial charge in [-0.15, -0.1) is 0 Å². The molecule has 1 amide bonds. The minimum atomic E-state index is -1.14. The minimum Gasteiger partial charge on any atom is -0.478 e. The van der Waals surface area contributed by atoms with Gasteiger partial charge in [-0.25, -0.2) is 4.79 Å². The smallest absolute Gasteiger partial charge is 0.328 e. The van der Waals surface area contributed by atoms with Crippen LogP contribution in [0.4, 0.5) is 0 Å². The predicted molar refractivity (Wildman–Crippen MR) is 59.9 cm³/mol. The molecule has 1 atom stereocenters. The Kier molecular flexibility index (Phi) is 8.15. The molecule has 0 aromatic heterocycles. The molecular weight excluding hydrogens is 210 g/mol. The first-order valence-electron chi connectivity index (χ1n) is 5.39. The van der Waals surface area contributed by atoms with Crippen molar-refractivity contribution in [2.75, 3.05) is 13.2 Å². The summed E-state index contributed by atoms with van der Waals surface area (Å²) in [5.41, 5.74) is 0. The van der Waals surface area contributed by atoms with Crippen LogP contribution in [0.15, 0.2) is 12.2 Å². The van der Waals surface area contributed by atoms with Gasteiger partial charge in [-0.2, -0.15) is 0 Å². The van der Waals surface area contributed by atoms with E-state index in [0.717, 1.165) is 25.0 Å². The van der Waals surface area contributed by atoms with Crippen molar-refractivity contribution in [3.63, 3.8) is 0 Å². The Morgan fingerprint density at radius 3 is 2.50 bits per heavy atom. The summed E-state index contributed by atoms with van der Waals surface area (Å²) in [5, 5.41) is 19.7. The molecule has 0 spiro atoms. The third-order valence-electron chi connectivity index (χ3n) is 2.18. The second kappa shape index (κ2) is 8.91. The average molecular weight is 229 g/mol. The van der Waals surface area contributed by atoms with E-state index in [2.05, 4.69) is 5.32 Å². The van der Waals surface area contributed by atoms with Crippen LogP contribution in [0.5, 0.6) is 0 Å². The van der Waals surface area contributed by atoms with Crippen LogP contribution >= 0.6 is 0 Å². The van der Waals surface area contributed by atoms with Gasteiger partial charge in [0, 0.05) is 25.3 Å². The summed E-state index contributed by atoms with van der Waals surface area (Å²) in [6.07, 6.45) is 4.37. The molecule has 0 rings (SSSR count). The summed E-state index contributed by atoms with van der Waals surface area (Å²) < 4.78 is 0. The maximum Gasteiger partial charge on any atom is 0.328 e. The van der Waals surface area contributed by atoms with Gasteiger partial charge >= 0.3 is 5.97 Å². The molecular formula is C11H19NO4. The fraction of sp³-hybridized carbons (Fsp3) is 0.636. The van der Waals surface area contributed by atoms with Crippen LogP contribution in [0.1, 0.15) is 26.2 Å². The van der Waals surface area contributed by atoms with Crippen LogP contribution < -0.4 is 5.32 Å². The lowest BCUT2D eigenvalue weighted by Crippen LogP contribution is -2.28. The fourth-order valence-electron chi connectivity index (χ4n) is 1.39. The first-order valence-corrected chi connectivity index (χ1v) is 5.39. The van der Waals surface area contributed by atoms with E-state index in [0.29, 0.717) is 13.0 Å². The number of hydrogen-bond donors (Lipinski definition) is 3. The Morgan fingerprint density at radius 2 is 2.00 bits per heavy atom. The zero-order chi connectivity index (χ0) is 12.4. The van der Waals surface area contributed by atoms with Gasteiger partial charge in [-0.3, -0.25) is 4.79 Å². The second-order valence-electron chi connectivity index (χ2n) is 3.58. The summed E-state index contributed by atoms with van der Waals surface area (Å²) in [5.74, 6) is -1.31. The molecule has 0 aliphatic rings. The van der Waals surface area contributed by atoms with Gasteiger partial charge in [-0.05, 0) is 18.8 Å². The van der Waals surface area contributed by atoms with Crippen LogP contribution in [0.25, 0.3) is 0 Å². The lowest BCUT2D eigenvalue weighted by atomic mass is 10.0. The second-order valence-corrected chi connectivity index (χ2v) is 3.58. The molecule has 0 aliphatic carbocycles. The number of rotatable bonds is 8. The highest BCUT2D eigenvalue weighted by Gasteiger charge is 2.07. The number of amides is 1. The molecule has 0 fully saturated rings. The molecule has 1 unspecified atom stereocenters. The van der Waals surface area contributed by atoms with Crippen LogP contribution in [-0.2, 0) is 9.59 Å². The normalized spacial score (nSPS) is 12.6. The quantitative estimate of drug-likeness (QED) is 0.530. The van der Waals surface area contributed by atoms with Crippen LogP contribution in [0, 0.1) is 5.92 Å². The van der Waals surface area contributed by atoms with Crippen molar-refractivity contribution in [1.29, 1.82) is 0 Å². The third kappa shape index (κ3) is 7.99. The molecule has 0 aromatic carbocycles. The molecule has 0 heterocycles. The Balaban J connectivity index is 3.90. The monoisotopic (exact) mass is 229 g/mol. The number of hydrogen-bond acceptors (Lipinski definition) is 3. The summed E-state index contributed by atoms with van der Waals surface area (Å²) >= 11 is 0. The average Bonchev–Trinajstić information content (AvgIpc) is 2.23. The van der Waals surface area contributed by atoms with Crippen LogP contribution in [0.3, 0.4) is 0 Å². The highest BCUT2D eigenvalue weighted by Crippen LogP contribution is 2.09. The van der Waals surface area contributed by atoms with Crippen molar-refractivity contribution in [2.45, 2.75) is 26.2 Å². The Hall–Kier alpha value is -1.36. The highest BCUT2D eigenvalue weighted by molar-refractivity contribution is 5.93. The van der Waals surface area contributed by atoms with E-state index >= 15 is 0 Å². The molecule has 5 nitrogen and oxygen atoms in total. The van der Waals surface area contributed by atoms with E-state index < -0.39 is 11.9 Å². The largest absolute Gasteiger partial charge is 0.478 e. The molecule has 0 radical (unpaired) electrons. The highest BCUT2D eigenvalue weighted by atomic mass is 16.4. The molecule has 16 heavy (non-hydrogen) atoms. The summed E-state index contributed by atoms with van der Waals surface area (Å²) in [4.78, 5) is 21.3. The summed E-state index contributed by atoms with van der Waals surface area (Å²) in [6, 6.07) is 0. The van der Waals surface area contributed by atoms with E-state index in [1.54, 1.807) is 0 Å². The number of carbonyl (C=O) groups is 2. The van der Waals surface area contributed by atoms with Gasteiger partial charge in [0.1, 0.15) is 0 Å². The Bertz CT molecular complexity index is 244. The van der Waals surface area contributed by atoms with Crippen molar-refractivity contribution >= 4 is 11.9 Å². The Labute approximate surface area is 95.2 Å². The van der Waals surface area contributed by atoms with E-state index in [4.69, 9.17) is 10.2 Å². The molecule has 5 heteroatoms. The van der Waals surface area contributed by atoms with Gasteiger partial charge in [0.25, 0.3) is 0 Å². The van der Waals surface area contributed by atoms with Crippen molar-refractivity contribution in [3.05, 3.63) is 12.2 Å². The van der Waals surface area contributed by atoms with Crippen LogP contribution in [-0.4, -0.2) is 35.2 Å². The SMILES string of the molecule is CCCC(CCO)CNC(=O)/C=C/C(=O)O. The molecule has 92 valence electrons. The number of aliphatic hydroxyl groups excluding tert-OH is 1. The lowest BCUT2D eigenvalue weighted by molar-refractivity contribution is -0.131. The zero-order valence-electron chi connectivity index (χ0n) is 9.48. The van der Waals surface area contributed by atoms with Gasteiger partial charge in [0.05, 0.1) is 0 Å². The molecule has 0 saturated heterocycles. The lowest BCUT2D eigenvalue weighted by Gasteiger charge is -2.14. The number of carbonyl (C=O) groups excluding carboxylic acids is 1. The molecule has 0 saturated carbocycles. The van der Waals surface area contributed by atoms with Gasteiger partial charge < -0.3 is 15.5 Å². The molecule has 3 N–H and O–H groups in total. The first-order chi connectivity index (χ1) is 7.60. The summed E-state index contributed by atoms with van der Waals surface area (Å²) in [7, 11) is 0. The van der Waals surface area contributed by atoms with E-state index in [1.165, 1.54) is 0 Å². The van der Waals surface area contributed by atoms with Crippen molar-refractivity contribution < 1.29 is 19.8 Å². The topological polar surface area (TPSA) is 86.6 Å². The van der Waals surface area contributed by atoms with E-state index in [-0.39, 0.29) is 12.5 Å². The predicted octanol–water partition coefficient (Wildman–Crippen LogP) is 0.542. The Morgan fingerprint density at radius 1 is 1.31 bits per heavy atom. The molecule has 0 bridgehead atoms. The number of nitrogens with one attached hydrogen (secondary N) is 1.